The first-order valence-corrected chi connectivity index (χ1v) is 27.6. The lowest BCUT2D eigenvalue weighted by Gasteiger charge is -2.33. The summed E-state index contributed by atoms with van der Waals surface area (Å²) in [5, 5.41) is 12.1. The summed E-state index contributed by atoms with van der Waals surface area (Å²) in [6.45, 7) is 19.2. The van der Waals surface area contributed by atoms with Crippen LogP contribution in [-0.4, -0.2) is 115 Å². The topological polar surface area (TPSA) is 177 Å². The van der Waals surface area contributed by atoms with Gasteiger partial charge in [0, 0.05) is 78.6 Å². The third-order valence-corrected chi connectivity index (χ3v) is 17.6. The lowest BCUT2D eigenvalue weighted by molar-refractivity contribution is -0.166. The molecular formula is C49H70Cl4N4O10S2. The number of carbonyl (C=O) groups excluding carboxylic acids is 2. The molecule has 20 heteroatoms. The van der Waals surface area contributed by atoms with Crippen molar-refractivity contribution in [3.05, 3.63) is 67.6 Å². The SMILES string of the molecule is CC1(C)OC[C@H](C(=O)N2CCCC([C@@H](N[S@@+]([O-])C(C)(C)C)c3cc(Cl)c(Cl)cc3OC/C=C/CC3(C)OC[C@H](C(=O)N4CCCC([C@@H](N[S@@+]([O-])C(C)(C)C)c5cc(Cl)c(Cl)cc5O)CC4)O3)CC2)O1. The van der Waals surface area contributed by atoms with Crippen molar-refractivity contribution < 1.29 is 47.5 Å². The number of likely N-dealkylation sites (tertiary alicyclic amines) is 2. The van der Waals surface area contributed by atoms with Gasteiger partial charge in [-0.1, -0.05) is 58.6 Å². The average molecular weight is 1080 g/mol. The summed E-state index contributed by atoms with van der Waals surface area (Å²) in [4.78, 5) is 31.1. The maximum absolute atomic E-state index is 14.0. The third kappa shape index (κ3) is 15.0. The molecule has 3 N–H and O–H groups in total. The maximum Gasteiger partial charge on any atom is 0.254 e. The molecule has 2 aromatic carbocycles. The van der Waals surface area contributed by atoms with Gasteiger partial charge in [-0.2, -0.15) is 0 Å². The first-order valence-electron chi connectivity index (χ1n) is 23.8. The number of phenols is 1. The van der Waals surface area contributed by atoms with E-state index in [1.165, 1.54) is 6.07 Å². The van der Waals surface area contributed by atoms with E-state index in [0.717, 1.165) is 12.8 Å². The summed E-state index contributed by atoms with van der Waals surface area (Å²) in [6, 6.07) is 5.52. The molecule has 0 spiro atoms. The molecule has 4 saturated heterocycles. The Morgan fingerprint density at radius 2 is 1.22 bits per heavy atom. The van der Waals surface area contributed by atoms with E-state index in [9.17, 15) is 23.8 Å². The van der Waals surface area contributed by atoms with Crippen LogP contribution in [0.2, 0.25) is 20.1 Å². The number of rotatable bonds is 15. The molecule has 14 nitrogen and oxygen atoms in total. The van der Waals surface area contributed by atoms with Gasteiger partial charge in [-0.05, 0) is 125 Å². The molecule has 4 fully saturated rings. The van der Waals surface area contributed by atoms with Crippen LogP contribution in [-0.2, 0) is 51.3 Å². The molecule has 0 saturated carbocycles. The molecule has 4 aliphatic heterocycles. The quantitative estimate of drug-likeness (QED) is 0.114. The smallest absolute Gasteiger partial charge is 0.254 e. The minimum atomic E-state index is -1.46. The van der Waals surface area contributed by atoms with Crippen molar-refractivity contribution in [1.82, 2.24) is 19.2 Å². The number of nitrogens with zero attached hydrogens (tertiary/aromatic N) is 2. The van der Waals surface area contributed by atoms with E-state index >= 15 is 0 Å². The number of phenolic OH excluding ortho intramolecular Hbond substituents is 1. The van der Waals surface area contributed by atoms with Gasteiger partial charge in [0.1, 0.15) is 27.6 Å². The number of hydrogen-bond acceptors (Lipinski definition) is 12. The van der Waals surface area contributed by atoms with Crippen molar-refractivity contribution in [3.63, 3.8) is 0 Å². The van der Waals surface area contributed by atoms with E-state index in [-0.39, 0.29) is 59.3 Å². The fraction of sp³-hybridized carbons (Fsp3) is 0.673. The van der Waals surface area contributed by atoms with Gasteiger partial charge < -0.3 is 47.7 Å². The first kappa shape index (κ1) is 56.6. The summed E-state index contributed by atoms with van der Waals surface area (Å²) in [6.07, 6.45) is 6.69. The van der Waals surface area contributed by atoms with Crippen LogP contribution in [0.1, 0.15) is 130 Å². The molecule has 0 aromatic heterocycles. The van der Waals surface area contributed by atoms with Crippen LogP contribution in [0.3, 0.4) is 0 Å². The second-order valence-corrected chi connectivity index (χ2v) is 26.6. The van der Waals surface area contributed by atoms with Gasteiger partial charge in [-0.15, -0.1) is 9.44 Å². The average Bonchev–Trinajstić information content (AvgIpc) is 3.61. The Bertz CT molecular complexity index is 2150. The van der Waals surface area contributed by atoms with Gasteiger partial charge >= 0.3 is 0 Å². The zero-order chi connectivity index (χ0) is 50.6. The first-order chi connectivity index (χ1) is 32.2. The van der Waals surface area contributed by atoms with Gasteiger partial charge in [0.2, 0.25) is 0 Å². The van der Waals surface area contributed by atoms with Crippen molar-refractivity contribution in [1.29, 1.82) is 0 Å². The van der Waals surface area contributed by atoms with E-state index < -0.39 is 68.1 Å². The monoisotopic (exact) mass is 1080 g/mol. The van der Waals surface area contributed by atoms with E-state index in [1.54, 1.807) is 43.9 Å². The molecule has 0 bridgehead atoms. The van der Waals surface area contributed by atoms with E-state index in [4.69, 9.17) is 70.1 Å². The highest BCUT2D eigenvalue weighted by Crippen LogP contribution is 2.43. The Labute approximate surface area is 434 Å². The summed E-state index contributed by atoms with van der Waals surface area (Å²) < 4.78 is 63.1. The maximum atomic E-state index is 14.0. The van der Waals surface area contributed by atoms with Crippen molar-refractivity contribution in [2.75, 3.05) is 46.0 Å². The fourth-order valence-corrected chi connectivity index (χ4v) is 11.5. The van der Waals surface area contributed by atoms with E-state index in [1.807, 2.05) is 58.6 Å². The normalized spacial score (nSPS) is 26.7. The van der Waals surface area contributed by atoms with Gasteiger partial charge in [-0.25, -0.2) is 0 Å². The fourth-order valence-electron chi connectivity index (χ4n) is 9.05. The highest BCUT2D eigenvalue weighted by atomic mass is 35.5. The van der Waals surface area contributed by atoms with E-state index in [2.05, 4.69) is 9.44 Å². The van der Waals surface area contributed by atoms with Gasteiger partial charge in [0.25, 0.3) is 11.8 Å². The number of amides is 2. The number of ether oxygens (including phenoxy) is 5. The molecular weight excluding hydrogens is 1010 g/mol. The molecule has 2 amide bonds. The summed E-state index contributed by atoms with van der Waals surface area (Å²) in [7, 11) is 0. The van der Waals surface area contributed by atoms with Crippen LogP contribution < -0.4 is 14.2 Å². The molecule has 3 unspecified atom stereocenters. The Balaban J connectivity index is 1.07. The molecule has 6 rings (SSSR count). The van der Waals surface area contributed by atoms with E-state index in [0.29, 0.717) is 85.2 Å². The van der Waals surface area contributed by atoms with Crippen molar-refractivity contribution >= 4 is 80.9 Å². The number of aromatic hydroxyl groups is 1. The van der Waals surface area contributed by atoms with Crippen molar-refractivity contribution in [2.24, 2.45) is 11.8 Å². The zero-order valence-electron chi connectivity index (χ0n) is 41.2. The Morgan fingerprint density at radius 1 is 0.739 bits per heavy atom. The lowest BCUT2D eigenvalue weighted by atomic mass is 9.87. The number of benzene rings is 2. The van der Waals surface area contributed by atoms with Crippen LogP contribution in [0.5, 0.6) is 11.5 Å². The lowest BCUT2D eigenvalue weighted by Crippen LogP contribution is -2.44. The predicted octanol–water partition coefficient (Wildman–Crippen LogP) is 9.76. The van der Waals surface area contributed by atoms with Crippen LogP contribution >= 0.6 is 46.4 Å². The summed E-state index contributed by atoms with van der Waals surface area (Å²) in [5.74, 6) is -1.80. The number of nitrogens with one attached hydrogen (secondary N) is 2. The minimum Gasteiger partial charge on any atom is -0.598 e. The molecule has 0 radical (unpaired) electrons. The number of halogens is 4. The van der Waals surface area contributed by atoms with Gasteiger partial charge in [0.05, 0.1) is 45.4 Å². The molecule has 2 aromatic rings. The highest BCUT2D eigenvalue weighted by molar-refractivity contribution is 7.91. The molecule has 4 heterocycles. The number of carbonyl (C=O) groups is 2. The third-order valence-electron chi connectivity index (χ3n) is 13.0. The summed E-state index contributed by atoms with van der Waals surface area (Å²) >= 11 is 22.9. The van der Waals surface area contributed by atoms with Crippen LogP contribution in [0, 0.1) is 11.8 Å². The standard InChI is InChI=1S/C49H70Cl4N4O10S2/c1-46(2,3)68(61)54-42(32-24-34(50)36(52)26-38(32)58)30-14-12-20-57(21-16-30)45(60)41-29-65-49(9,67-41)18-10-11-23-63-39-27-37(53)35(51)25-33(39)43(55-69(62)47(4,5)6)31-15-13-19-56(22-17-31)44(59)40-28-64-48(7,8)66-40/h10-11,24-27,30-31,40-43,54-55,58H,12-23,28-29H2,1-9H3/b11-10+/t30?,31?,40-,41-,42-,43-,49?,68+,69+/m1/s1. The Hall–Kier alpha value is -1.74. The Kier molecular flexibility index (Phi) is 19.4. The van der Waals surface area contributed by atoms with Crippen molar-refractivity contribution in [3.8, 4) is 11.5 Å². The molecule has 69 heavy (non-hydrogen) atoms. The van der Waals surface area contributed by atoms with Crippen LogP contribution in [0.4, 0.5) is 0 Å². The van der Waals surface area contributed by atoms with Crippen LogP contribution in [0.25, 0.3) is 0 Å². The van der Waals surface area contributed by atoms with Gasteiger partial charge in [0.15, 0.2) is 23.8 Å². The largest absolute Gasteiger partial charge is 0.598 e. The van der Waals surface area contributed by atoms with Gasteiger partial charge in [-0.3, -0.25) is 9.59 Å². The van der Waals surface area contributed by atoms with Crippen molar-refractivity contribution in [2.45, 2.75) is 153 Å². The molecule has 0 aliphatic carbocycles. The second-order valence-electron chi connectivity index (χ2n) is 21.0. The molecule has 9 atom stereocenters. The molecule has 4 aliphatic rings. The highest BCUT2D eigenvalue weighted by Gasteiger charge is 2.44. The predicted molar refractivity (Wildman–Crippen MR) is 273 cm³/mol. The number of hydrogen-bond donors (Lipinski definition) is 3. The van der Waals surface area contributed by atoms with Crippen LogP contribution in [0.15, 0.2) is 36.4 Å². The summed E-state index contributed by atoms with van der Waals surface area (Å²) in [5.41, 5.74) is 1.22. The molecule has 386 valence electrons. The zero-order valence-corrected chi connectivity index (χ0v) is 45.8. The Morgan fingerprint density at radius 3 is 1.74 bits per heavy atom. The minimum absolute atomic E-state index is 0.0351. The second kappa shape index (κ2) is 23.6.